The van der Waals surface area contributed by atoms with Gasteiger partial charge >= 0.3 is 0 Å². The van der Waals surface area contributed by atoms with Crippen LogP contribution >= 0.6 is 11.8 Å². The number of fused-ring (bicyclic) bond motifs is 1. The second kappa shape index (κ2) is 5.33. The molecule has 20 heavy (non-hydrogen) atoms. The second-order valence-corrected chi connectivity index (χ2v) is 4.98. The fraction of sp³-hybridized carbons (Fsp3) is 0.167. The number of nitrogens with zero attached hydrogens (tertiary/aromatic N) is 5. The van der Waals surface area contributed by atoms with Gasteiger partial charge in [0.2, 0.25) is 11.1 Å². The Morgan fingerprint density at radius 2 is 2.20 bits per heavy atom. The fourth-order valence-corrected chi connectivity index (χ4v) is 2.58. The van der Waals surface area contributed by atoms with Crippen molar-refractivity contribution in [2.45, 2.75) is 17.1 Å². The van der Waals surface area contributed by atoms with Gasteiger partial charge in [-0.1, -0.05) is 6.07 Å². The molecule has 7 nitrogen and oxygen atoms in total. The third-order valence-electron chi connectivity index (χ3n) is 2.56. The molecule has 0 radical (unpaired) electrons. The molecular formula is C12H13N7S. The average molecular weight is 287 g/mol. The van der Waals surface area contributed by atoms with Crippen LogP contribution in [0.4, 0.5) is 11.8 Å². The number of nitrogen functional groups attached to an aromatic ring is 1. The molecule has 0 aromatic carbocycles. The maximum atomic E-state index is 5.71. The SMILES string of the molecule is CCNc1cc(Sc2nnc3ccccn23)nc(N)n1. The van der Waals surface area contributed by atoms with E-state index in [2.05, 4.69) is 25.5 Å². The van der Waals surface area contributed by atoms with Gasteiger partial charge in [0.1, 0.15) is 10.8 Å². The lowest BCUT2D eigenvalue weighted by Gasteiger charge is -2.05. The van der Waals surface area contributed by atoms with Crippen LogP contribution in [-0.2, 0) is 0 Å². The molecule has 0 fully saturated rings. The summed E-state index contributed by atoms with van der Waals surface area (Å²) in [5.74, 6) is 0.941. The Hall–Kier alpha value is -2.35. The molecular weight excluding hydrogens is 274 g/mol. The van der Waals surface area contributed by atoms with Gasteiger partial charge in [-0.2, -0.15) is 4.98 Å². The number of hydrogen-bond acceptors (Lipinski definition) is 7. The summed E-state index contributed by atoms with van der Waals surface area (Å²) >= 11 is 1.40. The summed E-state index contributed by atoms with van der Waals surface area (Å²) < 4.78 is 1.90. The highest BCUT2D eigenvalue weighted by Crippen LogP contribution is 2.26. The Balaban J connectivity index is 1.94. The Kier molecular flexibility index (Phi) is 3.38. The van der Waals surface area contributed by atoms with Crippen LogP contribution in [0.15, 0.2) is 40.6 Å². The third kappa shape index (κ3) is 2.50. The summed E-state index contributed by atoms with van der Waals surface area (Å²) in [7, 11) is 0. The highest BCUT2D eigenvalue weighted by molar-refractivity contribution is 7.99. The lowest BCUT2D eigenvalue weighted by molar-refractivity contribution is 0.915. The van der Waals surface area contributed by atoms with Crippen molar-refractivity contribution in [3.8, 4) is 0 Å². The zero-order chi connectivity index (χ0) is 13.9. The summed E-state index contributed by atoms with van der Waals surface area (Å²) in [4.78, 5) is 8.32. The molecule has 102 valence electrons. The zero-order valence-corrected chi connectivity index (χ0v) is 11.6. The van der Waals surface area contributed by atoms with Gasteiger partial charge in [0.25, 0.3) is 0 Å². The van der Waals surface area contributed by atoms with Gasteiger partial charge in [0.15, 0.2) is 5.65 Å². The molecule has 3 aromatic heterocycles. The Labute approximate surface area is 119 Å². The van der Waals surface area contributed by atoms with Gasteiger partial charge in [-0.3, -0.25) is 4.40 Å². The van der Waals surface area contributed by atoms with Crippen LogP contribution in [0, 0.1) is 0 Å². The van der Waals surface area contributed by atoms with E-state index in [1.165, 1.54) is 11.8 Å². The van der Waals surface area contributed by atoms with Gasteiger partial charge in [-0.25, -0.2) is 4.98 Å². The molecule has 0 spiro atoms. The largest absolute Gasteiger partial charge is 0.370 e. The molecule has 0 saturated heterocycles. The van der Waals surface area contributed by atoms with Gasteiger partial charge in [-0.15, -0.1) is 10.2 Å². The summed E-state index contributed by atoms with van der Waals surface area (Å²) in [5.41, 5.74) is 6.51. The first-order valence-electron chi connectivity index (χ1n) is 6.12. The van der Waals surface area contributed by atoms with Crippen LogP contribution in [0.5, 0.6) is 0 Å². The smallest absolute Gasteiger partial charge is 0.223 e. The van der Waals surface area contributed by atoms with Crippen molar-refractivity contribution in [1.82, 2.24) is 24.6 Å². The van der Waals surface area contributed by atoms with Crippen LogP contribution in [0.3, 0.4) is 0 Å². The average Bonchev–Trinajstić information content (AvgIpc) is 2.82. The molecule has 0 amide bonds. The minimum absolute atomic E-state index is 0.236. The number of anilines is 2. The Bertz CT molecular complexity index is 740. The number of pyridine rings is 1. The molecule has 0 aliphatic heterocycles. The number of aromatic nitrogens is 5. The van der Waals surface area contributed by atoms with Crippen LogP contribution < -0.4 is 11.1 Å². The van der Waals surface area contributed by atoms with Crippen molar-refractivity contribution in [1.29, 1.82) is 0 Å². The van der Waals surface area contributed by atoms with E-state index in [9.17, 15) is 0 Å². The minimum atomic E-state index is 0.236. The van der Waals surface area contributed by atoms with E-state index in [0.29, 0.717) is 5.82 Å². The summed E-state index contributed by atoms with van der Waals surface area (Å²) in [5, 5.41) is 12.8. The molecule has 3 N–H and O–H groups in total. The number of hydrogen-bond donors (Lipinski definition) is 2. The van der Waals surface area contributed by atoms with Crippen molar-refractivity contribution in [3.05, 3.63) is 30.5 Å². The van der Waals surface area contributed by atoms with E-state index in [0.717, 1.165) is 22.4 Å². The topological polar surface area (TPSA) is 94.0 Å². The van der Waals surface area contributed by atoms with E-state index in [4.69, 9.17) is 5.73 Å². The van der Waals surface area contributed by atoms with Gasteiger partial charge in [-0.05, 0) is 30.8 Å². The lowest BCUT2D eigenvalue weighted by atomic mass is 10.5. The van der Waals surface area contributed by atoms with Crippen LogP contribution in [-0.4, -0.2) is 31.1 Å². The van der Waals surface area contributed by atoms with E-state index < -0.39 is 0 Å². The monoisotopic (exact) mass is 287 g/mol. The van der Waals surface area contributed by atoms with Crippen LogP contribution in [0.1, 0.15) is 6.92 Å². The van der Waals surface area contributed by atoms with Crippen molar-refractivity contribution < 1.29 is 0 Å². The molecule has 3 aromatic rings. The molecule has 0 aliphatic carbocycles. The van der Waals surface area contributed by atoms with Crippen LogP contribution in [0.25, 0.3) is 5.65 Å². The maximum absolute atomic E-state index is 5.71. The highest BCUT2D eigenvalue weighted by Gasteiger charge is 2.09. The first-order chi connectivity index (χ1) is 9.76. The van der Waals surface area contributed by atoms with E-state index in [1.54, 1.807) is 0 Å². The molecule has 8 heteroatoms. The van der Waals surface area contributed by atoms with E-state index in [-0.39, 0.29) is 5.95 Å². The maximum Gasteiger partial charge on any atom is 0.223 e. The molecule has 0 aliphatic rings. The second-order valence-electron chi connectivity index (χ2n) is 3.99. The minimum Gasteiger partial charge on any atom is -0.370 e. The molecule has 0 saturated carbocycles. The molecule has 3 heterocycles. The number of rotatable bonds is 4. The molecule has 3 rings (SSSR count). The number of nitrogens with two attached hydrogens (primary N) is 1. The third-order valence-corrected chi connectivity index (χ3v) is 3.44. The lowest BCUT2D eigenvalue weighted by Crippen LogP contribution is -2.04. The summed E-state index contributed by atoms with van der Waals surface area (Å²) in [6, 6.07) is 7.59. The Morgan fingerprint density at radius 3 is 3.05 bits per heavy atom. The van der Waals surface area contributed by atoms with Crippen molar-refractivity contribution in [2.24, 2.45) is 0 Å². The quantitative estimate of drug-likeness (QED) is 0.705. The normalized spacial score (nSPS) is 10.8. The van der Waals surface area contributed by atoms with Crippen molar-refractivity contribution in [2.75, 3.05) is 17.6 Å². The standard InChI is InChI=1S/C12H13N7S/c1-2-14-8-7-10(16-11(13)15-8)20-12-18-17-9-5-3-4-6-19(9)12/h3-7H,2H2,1H3,(H3,13,14,15,16). The summed E-state index contributed by atoms with van der Waals surface area (Å²) in [6.07, 6.45) is 1.91. The van der Waals surface area contributed by atoms with Crippen LogP contribution in [0.2, 0.25) is 0 Å². The van der Waals surface area contributed by atoms with E-state index >= 15 is 0 Å². The van der Waals surface area contributed by atoms with E-state index in [1.807, 2.05) is 41.8 Å². The summed E-state index contributed by atoms with van der Waals surface area (Å²) in [6.45, 7) is 2.77. The predicted octanol–water partition coefficient (Wildman–Crippen LogP) is 1.68. The Morgan fingerprint density at radius 1 is 1.30 bits per heavy atom. The fourth-order valence-electron chi connectivity index (χ4n) is 1.75. The molecule has 0 atom stereocenters. The first-order valence-corrected chi connectivity index (χ1v) is 6.94. The predicted molar refractivity (Wildman–Crippen MR) is 77.7 cm³/mol. The van der Waals surface area contributed by atoms with Gasteiger partial charge < -0.3 is 11.1 Å². The van der Waals surface area contributed by atoms with Gasteiger partial charge in [0.05, 0.1) is 0 Å². The first kappa shape index (κ1) is 12.7. The molecule has 0 bridgehead atoms. The molecule has 0 unspecified atom stereocenters. The number of nitrogens with one attached hydrogen (secondary N) is 1. The highest BCUT2D eigenvalue weighted by atomic mass is 32.2. The van der Waals surface area contributed by atoms with Crippen molar-refractivity contribution >= 4 is 29.2 Å². The van der Waals surface area contributed by atoms with Gasteiger partial charge in [0, 0.05) is 18.8 Å². The van der Waals surface area contributed by atoms with Crippen molar-refractivity contribution in [3.63, 3.8) is 0 Å². The zero-order valence-electron chi connectivity index (χ0n) is 10.8.